The van der Waals surface area contributed by atoms with Gasteiger partial charge in [-0.05, 0) is 54.7 Å². The molecule has 214 valence electrons. The lowest BCUT2D eigenvalue weighted by Gasteiger charge is -2.19. The molecule has 0 radical (unpaired) electrons. The van der Waals surface area contributed by atoms with Crippen LogP contribution in [0.2, 0.25) is 0 Å². The van der Waals surface area contributed by atoms with E-state index < -0.39 is 0 Å². The molecule has 0 amide bonds. The van der Waals surface area contributed by atoms with Crippen LogP contribution < -0.4 is 20.5 Å². The molecule has 1 heterocycles. The van der Waals surface area contributed by atoms with Crippen molar-refractivity contribution in [2.24, 2.45) is 0 Å². The van der Waals surface area contributed by atoms with Crippen LogP contribution in [0.4, 0.5) is 5.69 Å². The highest BCUT2D eigenvalue weighted by Gasteiger charge is 2.20. The molecule has 1 atom stereocenters. The number of nitrogens with two attached hydrogens (primary N) is 1. The second-order valence-corrected chi connectivity index (χ2v) is 10.8. The summed E-state index contributed by atoms with van der Waals surface area (Å²) in [7, 11) is 0. The van der Waals surface area contributed by atoms with Crippen molar-refractivity contribution in [3.05, 3.63) is 125 Å². The van der Waals surface area contributed by atoms with Gasteiger partial charge in [0.1, 0.15) is 18.1 Å². The molecule has 0 saturated carbocycles. The number of nitrogens with one attached hydrogen (secondary N) is 1. The number of fused-ring (bicyclic) bond motifs is 3. The van der Waals surface area contributed by atoms with Crippen LogP contribution in [0.25, 0.3) is 11.0 Å². The van der Waals surface area contributed by atoms with Crippen LogP contribution in [-0.2, 0) is 19.4 Å². The van der Waals surface area contributed by atoms with Gasteiger partial charge in [0.15, 0.2) is 17.1 Å². The van der Waals surface area contributed by atoms with Crippen LogP contribution in [-0.4, -0.2) is 18.9 Å². The van der Waals surface area contributed by atoms with E-state index >= 15 is 0 Å². The average molecular weight is 561 g/mol. The third kappa shape index (κ3) is 6.34. The number of carbonyl (C=O) groups is 1. The Morgan fingerprint density at radius 2 is 1.64 bits per heavy atom. The molecule has 3 N–H and O–H groups in total. The van der Waals surface area contributed by atoms with E-state index in [4.69, 9.17) is 19.6 Å². The average Bonchev–Trinajstić information content (AvgIpc) is 3.42. The second-order valence-electron chi connectivity index (χ2n) is 10.8. The molecule has 0 bridgehead atoms. The van der Waals surface area contributed by atoms with Crippen molar-refractivity contribution in [2.45, 2.75) is 44.8 Å². The van der Waals surface area contributed by atoms with Crippen LogP contribution in [0.5, 0.6) is 11.5 Å². The first kappa shape index (κ1) is 27.6. The molecule has 5 aromatic rings. The van der Waals surface area contributed by atoms with Crippen LogP contribution >= 0.6 is 0 Å². The van der Waals surface area contributed by atoms with Crippen molar-refractivity contribution < 1.29 is 18.7 Å². The minimum absolute atomic E-state index is 0.0379. The fourth-order valence-corrected chi connectivity index (χ4v) is 5.64. The van der Waals surface area contributed by atoms with Gasteiger partial charge in [0, 0.05) is 35.4 Å². The molecule has 1 aliphatic carbocycles. The van der Waals surface area contributed by atoms with Crippen molar-refractivity contribution >= 4 is 22.4 Å². The summed E-state index contributed by atoms with van der Waals surface area (Å²) in [6.45, 7) is 1.06. The maximum Gasteiger partial charge on any atom is 0.176 e. The fraction of sp³-hybridized carbons (Fsp3) is 0.250. The Bertz CT molecular complexity index is 1650. The number of benzene rings is 4. The molecule has 0 spiro atoms. The van der Waals surface area contributed by atoms with Gasteiger partial charge >= 0.3 is 0 Å². The smallest absolute Gasteiger partial charge is 0.176 e. The summed E-state index contributed by atoms with van der Waals surface area (Å²) in [4.78, 5) is 13.2. The highest BCUT2D eigenvalue weighted by atomic mass is 16.5. The van der Waals surface area contributed by atoms with Crippen LogP contribution in [0.15, 0.2) is 101 Å². The van der Waals surface area contributed by atoms with Gasteiger partial charge in [0.05, 0.1) is 18.8 Å². The number of nitrogen functional groups attached to an aromatic ring is 1. The molecule has 1 aromatic heterocycles. The molecule has 0 aliphatic heterocycles. The molecular weight excluding hydrogens is 524 g/mol. The predicted molar refractivity (Wildman–Crippen MR) is 166 cm³/mol. The van der Waals surface area contributed by atoms with Gasteiger partial charge in [-0.3, -0.25) is 4.79 Å². The summed E-state index contributed by atoms with van der Waals surface area (Å²) in [5.74, 6) is 2.40. The standard InChI is InChI=1S/C36H36N2O4/c37-30-22-27(18-19-34(30)41-24-25-10-3-1-4-11-25)32(39)23-38-31(26-12-5-2-6-13-26)20-21-40-35-17-9-15-29-28-14-7-8-16-33(28)42-36(29)35/h1-6,9-13,15,17-19,22,31,38H,7-8,14,16,20-21,23-24,37H2. The molecule has 0 saturated heterocycles. The highest BCUT2D eigenvalue weighted by Crippen LogP contribution is 2.36. The van der Waals surface area contributed by atoms with Crippen LogP contribution in [0.3, 0.4) is 0 Å². The highest BCUT2D eigenvalue weighted by molar-refractivity contribution is 5.98. The summed E-state index contributed by atoms with van der Waals surface area (Å²) < 4.78 is 18.4. The monoisotopic (exact) mass is 560 g/mol. The number of anilines is 1. The van der Waals surface area contributed by atoms with E-state index in [1.165, 1.54) is 23.8 Å². The summed E-state index contributed by atoms with van der Waals surface area (Å²) in [5, 5.41) is 4.62. The maximum atomic E-state index is 13.2. The van der Waals surface area contributed by atoms with Gasteiger partial charge < -0.3 is 24.9 Å². The normalized spacial score (nSPS) is 13.4. The number of furan rings is 1. The number of carbonyl (C=O) groups excluding carboxylic acids is 1. The maximum absolute atomic E-state index is 13.2. The first-order valence-corrected chi connectivity index (χ1v) is 14.7. The topological polar surface area (TPSA) is 86.7 Å². The molecule has 42 heavy (non-hydrogen) atoms. The summed E-state index contributed by atoms with van der Waals surface area (Å²) in [5.41, 5.74) is 11.6. The quantitative estimate of drug-likeness (QED) is 0.122. The number of hydrogen-bond donors (Lipinski definition) is 2. The number of ketones is 1. The Morgan fingerprint density at radius 1 is 0.857 bits per heavy atom. The number of ether oxygens (including phenoxy) is 2. The molecule has 4 aromatic carbocycles. The molecule has 1 unspecified atom stereocenters. The van der Waals surface area contributed by atoms with Crippen LogP contribution in [0, 0.1) is 0 Å². The van der Waals surface area contributed by atoms with E-state index in [0.29, 0.717) is 36.6 Å². The summed E-state index contributed by atoms with van der Waals surface area (Å²) in [6.07, 6.45) is 5.11. The molecule has 6 nitrogen and oxygen atoms in total. The van der Waals surface area contributed by atoms with E-state index in [-0.39, 0.29) is 18.4 Å². The number of aryl methyl sites for hydroxylation is 2. The third-order valence-electron chi connectivity index (χ3n) is 7.89. The Kier molecular flexibility index (Phi) is 8.52. The lowest BCUT2D eigenvalue weighted by Crippen LogP contribution is -2.29. The van der Waals surface area contributed by atoms with E-state index in [2.05, 4.69) is 23.5 Å². The molecule has 1 aliphatic rings. The SMILES string of the molecule is Nc1cc(C(=O)CNC(CCOc2cccc3c4c(oc23)CCCC4)c2ccccc2)ccc1OCc1ccccc1. The summed E-state index contributed by atoms with van der Waals surface area (Å²) in [6, 6.07) is 31.4. The zero-order valence-electron chi connectivity index (χ0n) is 23.7. The van der Waals surface area contributed by atoms with Crippen molar-refractivity contribution in [2.75, 3.05) is 18.9 Å². The lowest BCUT2D eigenvalue weighted by atomic mass is 9.96. The first-order valence-electron chi connectivity index (χ1n) is 14.7. The zero-order chi connectivity index (χ0) is 28.7. The molecule has 6 rings (SSSR count). The number of rotatable bonds is 12. The van der Waals surface area contributed by atoms with Crippen LogP contribution in [0.1, 0.15) is 58.1 Å². The minimum atomic E-state index is -0.0648. The predicted octanol–water partition coefficient (Wildman–Crippen LogP) is 7.46. The van der Waals surface area contributed by atoms with E-state index in [1.54, 1.807) is 18.2 Å². The van der Waals surface area contributed by atoms with Gasteiger partial charge in [0.2, 0.25) is 0 Å². The zero-order valence-corrected chi connectivity index (χ0v) is 23.7. The van der Waals surface area contributed by atoms with Crippen molar-refractivity contribution in [3.8, 4) is 11.5 Å². The Balaban J connectivity index is 1.08. The van der Waals surface area contributed by atoms with Gasteiger partial charge in [0.25, 0.3) is 0 Å². The Hall–Kier alpha value is -4.55. The van der Waals surface area contributed by atoms with E-state index in [0.717, 1.165) is 41.1 Å². The van der Waals surface area contributed by atoms with Crippen molar-refractivity contribution in [3.63, 3.8) is 0 Å². The number of Topliss-reactive ketones (excluding diaryl/α,β-unsaturated/α-hetero) is 1. The largest absolute Gasteiger partial charge is 0.490 e. The van der Waals surface area contributed by atoms with Gasteiger partial charge in [-0.1, -0.05) is 72.8 Å². The van der Waals surface area contributed by atoms with Gasteiger partial charge in [-0.2, -0.15) is 0 Å². The number of para-hydroxylation sites is 1. The van der Waals surface area contributed by atoms with Gasteiger partial charge in [-0.15, -0.1) is 0 Å². The van der Waals surface area contributed by atoms with E-state index in [1.807, 2.05) is 60.7 Å². The van der Waals surface area contributed by atoms with Gasteiger partial charge in [-0.25, -0.2) is 0 Å². The third-order valence-corrected chi connectivity index (χ3v) is 7.89. The molecule has 6 heteroatoms. The first-order chi connectivity index (χ1) is 20.7. The molecule has 0 fully saturated rings. The second kappa shape index (κ2) is 13.0. The van der Waals surface area contributed by atoms with Crippen molar-refractivity contribution in [1.82, 2.24) is 5.32 Å². The minimum Gasteiger partial charge on any atom is -0.490 e. The number of hydrogen-bond acceptors (Lipinski definition) is 6. The van der Waals surface area contributed by atoms with E-state index in [9.17, 15) is 4.79 Å². The fourth-order valence-electron chi connectivity index (χ4n) is 5.64. The molecular formula is C36H36N2O4. The summed E-state index contributed by atoms with van der Waals surface area (Å²) >= 11 is 0. The Morgan fingerprint density at radius 3 is 2.45 bits per heavy atom. The Labute approximate surface area is 246 Å². The lowest BCUT2D eigenvalue weighted by molar-refractivity contribution is 0.0985. The van der Waals surface area contributed by atoms with Crippen molar-refractivity contribution in [1.29, 1.82) is 0 Å².